The zero-order valence-electron chi connectivity index (χ0n) is 11.5. The zero-order valence-corrected chi connectivity index (χ0v) is 11.5. The third kappa shape index (κ3) is 2.58. The average Bonchev–Trinajstić information content (AvgIpc) is 2.88. The Morgan fingerprint density at radius 1 is 1.25 bits per heavy atom. The van der Waals surface area contributed by atoms with Gasteiger partial charge in [0.1, 0.15) is 0 Å². The van der Waals surface area contributed by atoms with E-state index >= 15 is 0 Å². The lowest BCUT2D eigenvalue weighted by molar-refractivity contribution is -0.190. The largest absolute Gasteiger partial charge is 0.481 e. The van der Waals surface area contributed by atoms with E-state index in [0.717, 1.165) is 24.8 Å². The molecule has 1 saturated heterocycles. The molecule has 20 heavy (non-hydrogen) atoms. The van der Waals surface area contributed by atoms with Crippen LogP contribution in [0.3, 0.4) is 0 Å². The van der Waals surface area contributed by atoms with Crippen LogP contribution in [0.25, 0.3) is 0 Å². The second-order valence-electron chi connectivity index (χ2n) is 5.69. The van der Waals surface area contributed by atoms with Crippen molar-refractivity contribution in [3.8, 4) is 0 Å². The first-order valence-corrected chi connectivity index (χ1v) is 7.26. The van der Waals surface area contributed by atoms with Crippen molar-refractivity contribution in [1.82, 2.24) is 0 Å². The normalized spacial score (nSPS) is 26.5. The summed E-state index contributed by atoms with van der Waals surface area (Å²) >= 11 is 0. The van der Waals surface area contributed by atoms with Gasteiger partial charge in [-0.05, 0) is 24.3 Å². The van der Waals surface area contributed by atoms with Gasteiger partial charge in [-0.2, -0.15) is 0 Å². The molecule has 1 aliphatic carbocycles. The minimum Gasteiger partial charge on any atom is -0.481 e. The lowest BCUT2D eigenvalue weighted by Crippen LogP contribution is -2.39. The second-order valence-corrected chi connectivity index (χ2v) is 5.69. The van der Waals surface area contributed by atoms with Crippen molar-refractivity contribution in [1.29, 1.82) is 0 Å². The van der Waals surface area contributed by atoms with E-state index in [1.54, 1.807) is 0 Å². The number of carbonyl (C=O) groups is 1. The minimum atomic E-state index is -0.753. The molecule has 1 heterocycles. The maximum Gasteiger partial charge on any atom is 0.311 e. The first-order chi connectivity index (χ1) is 9.70. The van der Waals surface area contributed by atoms with Crippen molar-refractivity contribution in [2.75, 3.05) is 13.2 Å². The molecule has 0 amide bonds. The molecule has 2 unspecified atom stereocenters. The monoisotopic (exact) mass is 276 g/mol. The topological polar surface area (TPSA) is 55.8 Å². The number of hydrogen-bond donors (Lipinski definition) is 1. The Balaban J connectivity index is 1.83. The van der Waals surface area contributed by atoms with Crippen LogP contribution in [-0.2, 0) is 14.3 Å². The summed E-state index contributed by atoms with van der Waals surface area (Å²) in [5.74, 6) is -1.68. The smallest absolute Gasteiger partial charge is 0.311 e. The molecular formula is C16H20O4. The maximum absolute atomic E-state index is 11.7. The molecule has 1 saturated carbocycles. The lowest BCUT2D eigenvalue weighted by atomic mass is 9.74. The van der Waals surface area contributed by atoms with E-state index in [-0.39, 0.29) is 5.92 Å². The van der Waals surface area contributed by atoms with Crippen molar-refractivity contribution in [3.63, 3.8) is 0 Å². The first kappa shape index (κ1) is 13.6. The molecule has 1 aromatic carbocycles. The zero-order chi connectivity index (χ0) is 14.0. The highest BCUT2D eigenvalue weighted by Gasteiger charge is 2.45. The van der Waals surface area contributed by atoms with E-state index in [1.807, 2.05) is 30.3 Å². The highest BCUT2D eigenvalue weighted by atomic mass is 16.7. The van der Waals surface area contributed by atoms with Crippen molar-refractivity contribution in [2.45, 2.75) is 37.4 Å². The van der Waals surface area contributed by atoms with Gasteiger partial charge in [0.05, 0.1) is 19.1 Å². The van der Waals surface area contributed by atoms with E-state index in [2.05, 4.69) is 0 Å². The molecule has 108 valence electrons. The molecule has 1 spiro atoms. The molecule has 2 atom stereocenters. The Bertz CT molecular complexity index is 465. The van der Waals surface area contributed by atoms with E-state index in [0.29, 0.717) is 19.6 Å². The molecule has 2 aliphatic rings. The number of ether oxygens (including phenoxy) is 2. The van der Waals surface area contributed by atoms with E-state index in [1.165, 1.54) is 0 Å². The van der Waals surface area contributed by atoms with Crippen LogP contribution in [0.1, 0.15) is 37.2 Å². The van der Waals surface area contributed by atoms with Gasteiger partial charge < -0.3 is 14.6 Å². The Morgan fingerprint density at radius 3 is 2.60 bits per heavy atom. The predicted octanol–water partition coefficient (Wildman–Crippen LogP) is 2.79. The molecule has 1 aromatic rings. The van der Waals surface area contributed by atoms with Gasteiger partial charge in [0.2, 0.25) is 0 Å². The van der Waals surface area contributed by atoms with E-state index < -0.39 is 17.7 Å². The second kappa shape index (κ2) is 5.54. The van der Waals surface area contributed by atoms with Crippen molar-refractivity contribution in [2.24, 2.45) is 5.92 Å². The van der Waals surface area contributed by atoms with Crippen molar-refractivity contribution in [3.05, 3.63) is 35.9 Å². The fourth-order valence-electron chi connectivity index (χ4n) is 3.56. The SMILES string of the molecule is O=C(O)C(c1ccccc1)C1CCCC2(C1)OCCO2. The highest BCUT2D eigenvalue weighted by molar-refractivity contribution is 5.76. The maximum atomic E-state index is 11.7. The van der Waals surface area contributed by atoms with Gasteiger partial charge in [-0.3, -0.25) is 4.79 Å². The van der Waals surface area contributed by atoms with Crippen LogP contribution >= 0.6 is 0 Å². The molecule has 0 aromatic heterocycles. The molecular weight excluding hydrogens is 256 g/mol. The Kier molecular flexibility index (Phi) is 3.76. The van der Waals surface area contributed by atoms with Gasteiger partial charge >= 0.3 is 5.97 Å². The highest BCUT2D eigenvalue weighted by Crippen LogP contribution is 2.44. The van der Waals surface area contributed by atoms with E-state index in [9.17, 15) is 9.90 Å². The third-order valence-corrected chi connectivity index (χ3v) is 4.42. The molecule has 4 heteroatoms. The van der Waals surface area contributed by atoms with Crippen LogP contribution in [0.4, 0.5) is 0 Å². The summed E-state index contributed by atoms with van der Waals surface area (Å²) < 4.78 is 11.5. The van der Waals surface area contributed by atoms with Crippen LogP contribution in [-0.4, -0.2) is 30.1 Å². The third-order valence-electron chi connectivity index (χ3n) is 4.42. The summed E-state index contributed by atoms with van der Waals surface area (Å²) in [6.45, 7) is 1.24. The van der Waals surface area contributed by atoms with Gasteiger partial charge in [0.25, 0.3) is 0 Å². The van der Waals surface area contributed by atoms with Crippen molar-refractivity contribution < 1.29 is 19.4 Å². The number of benzene rings is 1. The number of aliphatic carboxylic acids is 1. The van der Waals surface area contributed by atoms with Gasteiger partial charge in [-0.25, -0.2) is 0 Å². The Labute approximate surface area is 118 Å². The molecule has 1 aliphatic heterocycles. The quantitative estimate of drug-likeness (QED) is 0.922. The summed E-state index contributed by atoms with van der Waals surface area (Å²) in [5.41, 5.74) is 0.875. The van der Waals surface area contributed by atoms with Crippen LogP contribution in [0, 0.1) is 5.92 Å². The molecule has 0 radical (unpaired) electrons. The first-order valence-electron chi connectivity index (χ1n) is 7.26. The van der Waals surface area contributed by atoms with Gasteiger partial charge in [0.15, 0.2) is 5.79 Å². The molecule has 4 nitrogen and oxygen atoms in total. The molecule has 3 rings (SSSR count). The summed E-state index contributed by atoms with van der Waals surface area (Å²) in [4.78, 5) is 11.7. The van der Waals surface area contributed by atoms with Gasteiger partial charge in [0, 0.05) is 12.8 Å². The minimum absolute atomic E-state index is 0.0711. The molecule has 1 N–H and O–H groups in total. The molecule has 2 fully saturated rings. The average molecular weight is 276 g/mol. The lowest BCUT2D eigenvalue weighted by Gasteiger charge is -2.38. The Hall–Kier alpha value is -1.39. The van der Waals surface area contributed by atoms with Crippen LogP contribution in [0.5, 0.6) is 0 Å². The van der Waals surface area contributed by atoms with Crippen LogP contribution in [0.15, 0.2) is 30.3 Å². The fourth-order valence-corrected chi connectivity index (χ4v) is 3.56. The van der Waals surface area contributed by atoms with Crippen LogP contribution < -0.4 is 0 Å². The number of rotatable bonds is 3. The van der Waals surface area contributed by atoms with Crippen molar-refractivity contribution >= 4 is 5.97 Å². The van der Waals surface area contributed by atoms with Crippen LogP contribution in [0.2, 0.25) is 0 Å². The number of carboxylic acid groups (broad SMARTS) is 1. The summed E-state index contributed by atoms with van der Waals surface area (Å²) in [6.07, 6.45) is 3.44. The number of hydrogen-bond acceptors (Lipinski definition) is 3. The van der Waals surface area contributed by atoms with E-state index in [4.69, 9.17) is 9.47 Å². The van der Waals surface area contributed by atoms with Gasteiger partial charge in [-0.1, -0.05) is 30.3 Å². The standard InChI is InChI=1S/C16H20O4/c17-15(18)14(12-5-2-1-3-6-12)13-7-4-8-16(11-13)19-9-10-20-16/h1-3,5-6,13-14H,4,7-11H2,(H,17,18). The van der Waals surface area contributed by atoms with Gasteiger partial charge in [-0.15, -0.1) is 0 Å². The summed E-state index contributed by atoms with van der Waals surface area (Å²) in [5, 5.41) is 9.63. The molecule has 0 bridgehead atoms. The summed E-state index contributed by atoms with van der Waals surface area (Å²) in [7, 11) is 0. The predicted molar refractivity (Wildman–Crippen MR) is 73.4 cm³/mol. The fraction of sp³-hybridized carbons (Fsp3) is 0.562. The number of carboxylic acids is 1. The Morgan fingerprint density at radius 2 is 1.95 bits per heavy atom. The summed E-state index contributed by atoms with van der Waals surface area (Å²) in [6, 6.07) is 9.50.